The highest BCUT2D eigenvalue weighted by atomic mass is 79.9. The molecule has 0 bridgehead atoms. The smallest absolute Gasteiger partial charge is 0.163 e. The second-order valence-corrected chi connectivity index (χ2v) is 7.17. The van der Waals surface area contributed by atoms with Crippen LogP contribution < -0.4 is 0 Å². The number of rotatable bonds is 3. The number of benzene rings is 1. The lowest BCUT2D eigenvalue weighted by Gasteiger charge is -2.26. The molecule has 0 aliphatic rings. The van der Waals surface area contributed by atoms with Gasteiger partial charge in [0.05, 0.1) is 0 Å². The van der Waals surface area contributed by atoms with E-state index in [9.17, 15) is 4.79 Å². The zero-order valence-corrected chi connectivity index (χ0v) is 13.8. The number of carbonyl (C=O) groups is 1. The van der Waals surface area contributed by atoms with Crippen molar-refractivity contribution in [3.05, 3.63) is 33.3 Å². The number of halogens is 1. The Morgan fingerprint density at radius 2 is 1.78 bits per heavy atom. The normalized spacial score (nSPS) is 13.5. The highest BCUT2D eigenvalue weighted by Gasteiger charge is 2.23. The summed E-state index contributed by atoms with van der Waals surface area (Å²) in [5.41, 5.74) is 3.21. The van der Waals surface area contributed by atoms with Gasteiger partial charge in [-0.15, -0.1) is 0 Å². The summed E-state index contributed by atoms with van der Waals surface area (Å²) in [7, 11) is 0. The highest BCUT2D eigenvalue weighted by Crippen LogP contribution is 2.30. The van der Waals surface area contributed by atoms with Gasteiger partial charge in [0.2, 0.25) is 0 Å². The minimum absolute atomic E-state index is 0.175. The van der Waals surface area contributed by atoms with Crippen LogP contribution in [0, 0.1) is 25.2 Å². The Balaban J connectivity index is 2.95. The molecular weight excluding hydrogens is 288 g/mol. The van der Waals surface area contributed by atoms with Crippen molar-refractivity contribution in [2.24, 2.45) is 11.3 Å². The summed E-state index contributed by atoms with van der Waals surface area (Å²) >= 11 is 3.50. The van der Waals surface area contributed by atoms with Crippen molar-refractivity contribution in [1.82, 2.24) is 0 Å². The van der Waals surface area contributed by atoms with Crippen molar-refractivity contribution in [2.75, 3.05) is 0 Å². The van der Waals surface area contributed by atoms with Crippen LogP contribution in [0.5, 0.6) is 0 Å². The molecule has 1 aromatic carbocycles. The van der Waals surface area contributed by atoms with Crippen LogP contribution in [0.25, 0.3) is 0 Å². The highest BCUT2D eigenvalue weighted by molar-refractivity contribution is 9.10. The molecule has 1 unspecified atom stereocenters. The van der Waals surface area contributed by atoms with E-state index in [1.165, 1.54) is 0 Å². The van der Waals surface area contributed by atoms with Crippen LogP contribution in [0.4, 0.5) is 0 Å². The SMILES string of the molecule is Cc1cc(C(=O)CC(C)C(C)(C)C)c(C)cc1Br. The third-order valence-corrected chi connectivity index (χ3v) is 4.63. The van der Waals surface area contributed by atoms with E-state index in [1.807, 2.05) is 26.0 Å². The van der Waals surface area contributed by atoms with E-state index < -0.39 is 0 Å². The van der Waals surface area contributed by atoms with Crippen LogP contribution in [0.1, 0.15) is 55.6 Å². The Labute approximate surface area is 119 Å². The van der Waals surface area contributed by atoms with Gasteiger partial charge >= 0.3 is 0 Å². The quantitative estimate of drug-likeness (QED) is 0.690. The molecule has 1 aromatic rings. The third kappa shape index (κ3) is 3.68. The summed E-state index contributed by atoms with van der Waals surface area (Å²) in [5, 5.41) is 0. The van der Waals surface area contributed by atoms with E-state index in [0.29, 0.717) is 12.3 Å². The van der Waals surface area contributed by atoms with Crippen molar-refractivity contribution >= 4 is 21.7 Å². The Morgan fingerprint density at radius 1 is 1.22 bits per heavy atom. The van der Waals surface area contributed by atoms with Crippen molar-refractivity contribution < 1.29 is 4.79 Å². The van der Waals surface area contributed by atoms with Gasteiger partial charge in [-0.25, -0.2) is 0 Å². The molecule has 0 spiro atoms. The van der Waals surface area contributed by atoms with Gasteiger partial charge < -0.3 is 0 Å². The number of aryl methyl sites for hydroxylation is 2. The van der Waals surface area contributed by atoms with Crippen LogP contribution in [0.15, 0.2) is 16.6 Å². The van der Waals surface area contributed by atoms with Gasteiger partial charge in [-0.3, -0.25) is 4.79 Å². The Morgan fingerprint density at radius 3 is 2.28 bits per heavy atom. The van der Waals surface area contributed by atoms with Crippen molar-refractivity contribution in [3.8, 4) is 0 Å². The van der Waals surface area contributed by atoms with Gasteiger partial charge in [0.25, 0.3) is 0 Å². The first-order chi connectivity index (χ1) is 8.12. The standard InChI is InChI=1S/C16H23BrO/c1-10-8-14(17)11(2)7-13(10)15(18)9-12(3)16(4,5)6/h7-8,12H,9H2,1-6H3. The Hall–Kier alpha value is -0.630. The maximum Gasteiger partial charge on any atom is 0.163 e. The number of carbonyl (C=O) groups excluding carboxylic acids is 1. The predicted octanol–water partition coefficient (Wildman–Crippen LogP) is 5.32. The van der Waals surface area contributed by atoms with E-state index in [1.54, 1.807) is 0 Å². The number of hydrogen-bond acceptors (Lipinski definition) is 1. The van der Waals surface area contributed by atoms with E-state index in [-0.39, 0.29) is 11.2 Å². The average molecular weight is 311 g/mol. The molecule has 2 heteroatoms. The van der Waals surface area contributed by atoms with Crippen LogP contribution in [-0.4, -0.2) is 5.78 Å². The summed E-state index contributed by atoms with van der Waals surface area (Å²) in [6.07, 6.45) is 0.616. The second-order valence-electron chi connectivity index (χ2n) is 6.31. The zero-order valence-electron chi connectivity index (χ0n) is 12.2. The van der Waals surface area contributed by atoms with Crippen molar-refractivity contribution in [2.45, 2.75) is 48.0 Å². The molecule has 1 nitrogen and oxygen atoms in total. The average Bonchev–Trinajstić information content (AvgIpc) is 2.21. The van der Waals surface area contributed by atoms with Crippen LogP contribution in [-0.2, 0) is 0 Å². The predicted molar refractivity (Wildman–Crippen MR) is 81.2 cm³/mol. The fraction of sp³-hybridized carbons (Fsp3) is 0.562. The molecule has 0 aromatic heterocycles. The monoisotopic (exact) mass is 310 g/mol. The second kappa shape index (κ2) is 5.56. The van der Waals surface area contributed by atoms with Crippen LogP contribution >= 0.6 is 15.9 Å². The van der Waals surface area contributed by atoms with E-state index in [4.69, 9.17) is 0 Å². The first-order valence-corrected chi connectivity index (χ1v) is 7.22. The number of ketones is 1. The maximum absolute atomic E-state index is 12.4. The van der Waals surface area contributed by atoms with E-state index >= 15 is 0 Å². The number of hydrogen-bond donors (Lipinski definition) is 0. The summed E-state index contributed by atoms with van der Waals surface area (Å²) in [6.45, 7) is 12.7. The number of Topliss-reactive ketones (excluding diaryl/α,β-unsaturated/α-hetero) is 1. The van der Waals surface area contributed by atoms with Gasteiger partial charge in [0.1, 0.15) is 0 Å². The van der Waals surface area contributed by atoms with Gasteiger partial charge in [0.15, 0.2) is 5.78 Å². The molecular formula is C16H23BrO. The zero-order chi connectivity index (χ0) is 14.1. The van der Waals surface area contributed by atoms with Crippen molar-refractivity contribution in [1.29, 1.82) is 0 Å². The molecule has 100 valence electrons. The first kappa shape index (κ1) is 15.4. The Kier molecular flexibility index (Phi) is 4.77. The van der Waals surface area contributed by atoms with Crippen molar-refractivity contribution in [3.63, 3.8) is 0 Å². The van der Waals surface area contributed by atoms with Crippen LogP contribution in [0.3, 0.4) is 0 Å². The van der Waals surface area contributed by atoms with E-state index in [0.717, 1.165) is 21.2 Å². The topological polar surface area (TPSA) is 17.1 Å². The lowest BCUT2D eigenvalue weighted by molar-refractivity contribution is 0.0926. The molecule has 0 amide bonds. The minimum Gasteiger partial charge on any atom is -0.294 e. The molecule has 0 heterocycles. The molecule has 1 atom stereocenters. The van der Waals surface area contributed by atoms with Gasteiger partial charge in [-0.1, -0.05) is 43.6 Å². The summed E-state index contributed by atoms with van der Waals surface area (Å²) in [4.78, 5) is 12.4. The fourth-order valence-electron chi connectivity index (χ4n) is 1.78. The molecule has 0 fully saturated rings. The molecule has 0 N–H and O–H groups in total. The van der Waals surface area contributed by atoms with E-state index in [2.05, 4.69) is 43.6 Å². The van der Waals surface area contributed by atoms with Gasteiger partial charge in [0, 0.05) is 16.5 Å². The lowest BCUT2D eigenvalue weighted by atomic mass is 9.78. The fourth-order valence-corrected chi connectivity index (χ4v) is 2.23. The summed E-state index contributed by atoms with van der Waals surface area (Å²) in [5.74, 6) is 0.638. The van der Waals surface area contributed by atoms with Gasteiger partial charge in [-0.05, 0) is 48.4 Å². The molecule has 18 heavy (non-hydrogen) atoms. The first-order valence-electron chi connectivity index (χ1n) is 6.43. The van der Waals surface area contributed by atoms with Gasteiger partial charge in [-0.2, -0.15) is 0 Å². The Bertz CT molecular complexity index is 455. The molecule has 0 aliphatic carbocycles. The molecule has 0 aliphatic heterocycles. The summed E-state index contributed by atoms with van der Waals surface area (Å²) < 4.78 is 1.07. The largest absolute Gasteiger partial charge is 0.294 e. The van der Waals surface area contributed by atoms with Crippen LogP contribution in [0.2, 0.25) is 0 Å². The minimum atomic E-state index is 0.175. The maximum atomic E-state index is 12.4. The molecule has 0 saturated carbocycles. The molecule has 0 radical (unpaired) electrons. The summed E-state index contributed by atoms with van der Waals surface area (Å²) in [6, 6.07) is 4.03. The molecule has 1 rings (SSSR count). The molecule has 0 saturated heterocycles. The third-order valence-electron chi connectivity index (χ3n) is 3.78. The lowest BCUT2D eigenvalue weighted by Crippen LogP contribution is -2.21.